The molecule has 94 valence electrons. The van der Waals surface area contributed by atoms with Crippen LogP contribution in [0, 0.1) is 6.92 Å². The molecule has 0 saturated carbocycles. The Bertz CT molecular complexity index is 552. The van der Waals surface area contributed by atoms with E-state index in [0.29, 0.717) is 10.8 Å². The van der Waals surface area contributed by atoms with Crippen LogP contribution in [0.3, 0.4) is 0 Å². The van der Waals surface area contributed by atoms with Crippen molar-refractivity contribution < 1.29 is 4.74 Å². The lowest BCUT2D eigenvalue weighted by Crippen LogP contribution is -2.06. The Kier molecular flexibility index (Phi) is 3.90. The van der Waals surface area contributed by atoms with Crippen molar-refractivity contribution >= 4 is 11.6 Å². The molecule has 0 saturated heterocycles. The molecule has 2 N–H and O–H groups in total. The highest BCUT2D eigenvalue weighted by molar-refractivity contribution is 6.32. The van der Waals surface area contributed by atoms with Crippen molar-refractivity contribution in [1.82, 2.24) is 0 Å². The minimum absolute atomic E-state index is 0.0789. The SMILES string of the molecule is Cc1ccc(Cl)c(Oc2ccccc2[C@H](C)N)c1. The number of hydrogen-bond donors (Lipinski definition) is 1. The van der Waals surface area contributed by atoms with Crippen molar-refractivity contribution in [3.05, 3.63) is 58.6 Å². The molecule has 0 unspecified atom stereocenters. The van der Waals surface area contributed by atoms with Crippen LogP contribution in [0.4, 0.5) is 0 Å². The van der Waals surface area contributed by atoms with Crippen LogP contribution in [-0.4, -0.2) is 0 Å². The van der Waals surface area contributed by atoms with Gasteiger partial charge in [-0.15, -0.1) is 0 Å². The zero-order valence-electron chi connectivity index (χ0n) is 10.5. The van der Waals surface area contributed by atoms with Gasteiger partial charge in [0.2, 0.25) is 0 Å². The van der Waals surface area contributed by atoms with Gasteiger partial charge < -0.3 is 10.5 Å². The molecule has 0 amide bonds. The van der Waals surface area contributed by atoms with Gasteiger partial charge in [-0.1, -0.05) is 35.9 Å². The molecule has 0 aliphatic carbocycles. The van der Waals surface area contributed by atoms with Crippen LogP contribution in [0.15, 0.2) is 42.5 Å². The van der Waals surface area contributed by atoms with E-state index >= 15 is 0 Å². The number of ether oxygens (including phenoxy) is 1. The standard InChI is InChI=1S/C15H16ClNO/c1-10-7-8-13(16)15(9-10)18-14-6-4-3-5-12(14)11(2)17/h3-9,11H,17H2,1-2H3/t11-/m0/s1. The predicted molar refractivity (Wildman–Crippen MR) is 75.3 cm³/mol. The van der Waals surface area contributed by atoms with Crippen molar-refractivity contribution in [2.75, 3.05) is 0 Å². The summed E-state index contributed by atoms with van der Waals surface area (Å²) in [6.45, 7) is 3.93. The normalized spacial score (nSPS) is 12.2. The van der Waals surface area contributed by atoms with E-state index in [0.717, 1.165) is 16.9 Å². The Labute approximate surface area is 112 Å². The fourth-order valence-electron chi connectivity index (χ4n) is 1.76. The molecule has 0 fully saturated rings. The summed E-state index contributed by atoms with van der Waals surface area (Å²) in [7, 11) is 0. The molecular weight excluding hydrogens is 246 g/mol. The molecule has 0 heterocycles. The second kappa shape index (κ2) is 5.42. The van der Waals surface area contributed by atoms with E-state index < -0.39 is 0 Å². The lowest BCUT2D eigenvalue weighted by Gasteiger charge is -2.14. The number of rotatable bonds is 3. The average molecular weight is 262 g/mol. The first-order chi connectivity index (χ1) is 8.58. The summed E-state index contributed by atoms with van der Waals surface area (Å²) >= 11 is 6.12. The Morgan fingerprint density at radius 3 is 2.56 bits per heavy atom. The molecule has 0 aliphatic rings. The highest BCUT2D eigenvalue weighted by Gasteiger charge is 2.10. The summed E-state index contributed by atoms with van der Waals surface area (Å²) in [6, 6.07) is 13.4. The van der Waals surface area contributed by atoms with Gasteiger partial charge in [0, 0.05) is 11.6 Å². The number of hydrogen-bond acceptors (Lipinski definition) is 2. The van der Waals surface area contributed by atoms with E-state index in [-0.39, 0.29) is 6.04 Å². The molecule has 18 heavy (non-hydrogen) atoms. The molecule has 0 radical (unpaired) electrons. The van der Waals surface area contributed by atoms with Gasteiger partial charge in [-0.3, -0.25) is 0 Å². The predicted octanol–water partition coefficient (Wildman–Crippen LogP) is 4.46. The topological polar surface area (TPSA) is 35.2 Å². The van der Waals surface area contributed by atoms with Crippen LogP contribution in [0.5, 0.6) is 11.5 Å². The highest BCUT2D eigenvalue weighted by atomic mass is 35.5. The molecule has 1 atom stereocenters. The van der Waals surface area contributed by atoms with Crippen LogP contribution in [0.1, 0.15) is 24.1 Å². The van der Waals surface area contributed by atoms with E-state index in [1.807, 2.05) is 56.3 Å². The summed E-state index contributed by atoms with van der Waals surface area (Å²) in [5.41, 5.74) is 8.00. The minimum atomic E-state index is -0.0789. The second-order valence-corrected chi connectivity index (χ2v) is 4.77. The number of halogens is 1. The van der Waals surface area contributed by atoms with Gasteiger partial charge in [-0.05, 0) is 37.6 Å². The lowest BCUT2D eigenvalue weighted by atomic mass is 10.1. The number of nitrogens with two attached hydrogens (primary N) is 1. The third-order valence-electron chi connectivity index (χ3n) is 2.72. The largest absolute Gasteiger partial charge is 0.455 e. The zero-order valence-corrected chi connectivity index (χ0v) is 11.2. The van der Waals surface area contributed by atoms with Gasteiger partial charge in [-0.25, -0.2) is 0 Å². The Morgan fingerprint density at radius 1 is 1.11 bits per heavy atom. The fraction of sp³-hybridized carbons (Fsp3) is 0.200. The van der Waals surface area contributed by atoms with Crippen molar-refractivity contribution in [2.24, 2.45) is 5.73 Å². The highest BCUT2D eigenvalue weighted by Crippen LogP contribution is 2.33. The molecule has 2 aromatic rings. The van der Waals surface area contributed by atoms with Crippen molar-refractivity contribution in [1.29, 1.82) is 0 Å². The number of aryl methyl sites for hydroxylation is 1. The van der Waals surface area contributed by atoms with Gasteiger partial charge in [0.15, 0.2) is 0 Å². The molecular formula is C15H16ClNO. The lowest BCUT2D eigenvalue weighted by molar-refractivity contribution is 0.472. The molecule has 0 aromatic heterocycles. The van der Waals surface area contributed by atoms with E-state index in [4.69, 9.17) is 22.1 Å². The fourth-order valence-corrected chi connectivity index (χ4v) is 1.91. The van der Waals surface area contributed by atoms with Crippen LogP contribution in [0.25, 0.3) is 0 Å². The summed E-state index contributed by atoms with van der Waals surface area (Å²) in [5, 5.41) is 0.597. The van der Waals surface area contributed by atoms with E-state index in [9.17, 15) is 0 Å². The van der Waals surface area contributed by atoms with Crippen LogP contribution in [0.2, 0.25) is 5.02 Å². The van der Waals surface area contributed by atoms with Gasteiger partial charge in [0.1, 0.15) is 11.5 Å². The number of para-hydroxylation sites is 1. The van der Waals surface area contributed by atoms with E-state index in [1.54, 1.807) is 0 Å². The maximum Gasteiger partial charge on any atom is 0.146 e. The van der Waals surface area contributed by atoms with Gasteiger partial charge in [-0.2, -0.15) is 0 Å². The third kappa shape index (κ3) is 2.84. The Balaban J connectivity index is 2.37. The number of benzene rings is 2. The zero-order chi connectivity index (χ0) is 13.1. The quantitative estimate of drug-likeness (QED) is 0.885. The van der Waals surface area contributed by atoms with Crippen LogP contribution in [-0.2, 0) is 0 Å². The molecule has 2 nitrogen and oxygen atoms in total. The molecule has 2 rings (SSSR count). The van der Waals surface area contributed by atoms with E-state index in [1.165, 1.54) is 0 Å². The van der Waals surface area contributed by atoms with Crippen LogP contribution >= 0.6 is 11.6 Å². The molecule has 2 aromatic carbocycles. The Hall–Kier alpha value is -1.51. The smallest absolute Gasteiger partial charge is 0.146 e. The monoisotopic (exact) mass is 261 g/mol. The molecule has 0 spiro atoms. The Morgan fingerprint density at radius 2 is 1.83 bits per heavy atom. The van der Waals surface area contributed by atoms with Crippen LogP contribution < -0.4 is 10.5 Å². The second-order valence-electron chi connectivity index (χ2n) is 4.36. The van der Waals surface area contributed by atoms with Gasteiger partial charge in [0.05, 0.1) is 5.02 Å². The van der Waals surface area contributed by atoms with Crippen molar-refractivity contribution in [2.45, 2.75) is 19.9 Å². The van der Waals surface area contributed by atoms with Gasteiger partial charge in [0.25, 0.3) is 0 Å². The average Bonchev–Trinajstić information content (AvgIpc) is 2.34. The maximum absolute atomic E-state index is 6.12. The summed E-state index contributed by atoms with van der Waals surface area (Å²) < 4.78 is 5.87. The first-order valence-electron chi connectivity index (χ1n) is 5.86. The van der Waals surface area contributed by atoms with Crippen molar-refractivity contribution in [3.8, 4) is 11.5 Å². The maximum atomic E-state index is 6.12. The van der Waals surface area contributed by atoms with Crippen molar-refractivity contribution in [3.63, 3.8) is 0 Å². The molecule has 3 heteroatoms. The first-order valence-corrected chi connectivity index (χ1v) is 6.24. The molecule has 0 bridgehead atoms. The minimum Gasteiger partial charge on any atom is -0.455 e. The summed E-state index contributed by atoms with van der Waals surface area (Å²) in [4.78, 5) is 0. The summed E-state index contributed by atoms with van der Waals surface area (Å²) in [5.74, 6) is 1.41. The van der Waals surface area contributed by atoms with E-state index in [2.05, 4.69) is 0 Å². The third-order valence-corrected chi connectivity index (χ3v) is 3.03. The first kappa shape index (κ1) is 12.9. The summed E-state index contributed by atoms with van der Waals surface area (Å²) in [6.07, 6.45) is 0. The molecule has 0 aliphatic heterocycles. The van der Waals surface area contributed by atoms with Gasteiger partial charge >= 0.3 is 0 Å².